The van der Waals surface area contributed by atoms with Gasteiger partial charge in [-0.15, -0.1) is 0 Å². The molecule has 1 aromatic heterocycles. The molecule has 1 atom stereocenters. The largest absolute Gasteiger partial charge is 0.388 e. The van der Waals surface area contributed by atoms with E-state index < -0.39 is 6.10 Å². The van der Waals surface area contributed by atoms with E-state index in [4.69, 9.17) is 0 Å². The zero-order chi connectivity index (χ0) is 10.7. The van der Waals surface area contributed by atoms with Gasteiger partial charge in [0.15, 0.2) is 0 Å². The topological polar surface area (TPSA) is 50.9 Å². The van der Waals surface area contributed by atoms with Crippen LogP contribution in [0.15, 0.2) is 36.7 Å². The van der Waals surface area contributed by atoms with Crippen LogP contribution in [0.5, 0.6) is 0 Å². The molecule has 1 aromatic carbocycles. The lowest BCUT2D eigenvalue weighted by molar-refractivity contribution is 0.174. The average molecular weight is 203 g/mol. The number of aliphatic hydroxyl groups excluding tert-OH is 1. The molecule has 0 amide bonds. The molecule has 0 fully saturated rings. The van der Waals surface area contributed by atoms with E-state index in [1.807, 2.05) is 37.4 Å². The van der Waals surface area contributed by atoms with Gasteiger partial charge in [-0.1, -0.05) is 30.3 Å². The average Bonchev–Trinajstić information content (AvgIpc) is 2.66. The monoisotopic (exact) mass is 203 g/mol. The fourth-order valence-corrected chi connectivity index (χ4v) is 1.47. The summed E-state index contributed by atoms with van der Waals surface area (Å²) in [5.41, 5.74) is 0.903. The van der Waals surface area contributed by atoms with Crippen LogP contribution in [-0.2, 0) is 13.5 Å². The minimum absolute atomic E-state index is 0.487. The summed E-state index contributed by atoms with van der Waals surface area (Å²) in [5.74, 6) is 0.784. The van der Waals surface area contributed by atoms with Crippen molar-refractivity contribution in [3.05, 3.63) is 48.0 Å². The molecule has 0 aliphatic heterocycles. The molecule has 78 valence electrons. The Hall–Kier alpha value is -1.68. The summed E-state index contributed by atoms with van der Waals surface area (Å²) in [6, 6.07) is 9.56. The molecular weight excluding hydrogens is 190 g/mol. The van der Waals surface area contributed by atoms with E-state index in [1.165, 1.54) is 6.33 Å². The molecule has 1 unspecified atom stereocenters. The van der Waals surface area contributed by atoms with Crippen LogP contribution in [0.25, 0.3) is 0 Å². The van der Waals surface area contributed by atoms with Crippen molar-refractivity contribution in [1.82, 2.24) is 14.8 Å². The highest BCUT2D eigenvalue weighted by atomic mass is 16.3. The lowest BCUT2D eigenvalue weighted by Gasteiger charge is -2.09. The number of hydrogen-bond acceptors (Lipinski definition) is 3. The Morgan fingerprint density at radius 3 is 2.67 bits per heavy atom. The van der Waals surface area contributed by atoms with E-state index in [0.717, 1.165) is 11.4 Å². The lowest BCUT2D eigenvalue weighted by atomic mass is 10.1. The number of rotatable bonds is 3. The Kier molecular flexibility index (Phi) is 2.78. The number of nitrogens with zero attached hydrogens (tertiary/aromatic N) is 3. The van der Waals surface area contributed by atoms with Crippen molar-refractivity contribution >= 4 is 0 Å². The third-order valence-electron chi connectivity index (χ3n) is 2.37. The Morgan fingerprint density at radius 2 is 2.07 bits per heavy atom. The predicted octanol–water partition coefficient (Wildman–Crippen LogP) is 1.09. The van der Waals surface area contributed by atoms with Crippen LogP contribution in [0, 0.1) is 0 Å². The first-order valence-corrected chi connectivity index (χ1v) is 4.83. The van der Waals surface area contributed by atoms with E-state index in [0.29, 0.717) is 6.42 Å². The van der Waals surface area contributed by atoms with Crippen molar-refractivity contribution in [3.63, 3.8) is 0 Å². The zero-order valence-electron chi connectivity index (χ0n) is 8.54. The summed E-state index contributed by atoms with van der Waals surface area (Å²) in [7, 11) is 1.82. The molecule has 4 nitrogen and oxygen atoms in total. The van der Waals surface area contributed by atoms with Crippen molar-refractivity contribution in [1.29, 1.82) is 0 Å². The van der Waals surface area contributed by atoms with Crippen LogP contribution < -0.4 is 0 Å². The number of aromatic nitrogens is 3. The fraction of sp³-hybridized carbons (Fsp3) is 0.273. The lowest BCUT2D eigenvalue weighted by Crippen LogP contribution is -2.07. The van der Waals surface area contributed by atoms with Crippen LogP contribution in [0.4, 0.5) is 0 Å². The SMILES string of the molecule is Cn1ncnc1CC(O)c1ccccc1. The van der Waals surface area contributed by atoms with Crippen LogP contribution in [-0.4, -0.2) is 19.9 Å². The Morgan fingerprint density at radius 1 is 1.33 bits per heavy atom. The summed E-state index contributed by atoms with van der Waals surface area (Å²) >= 11 is 0. The standard InChI is InChI=1S/C11H13N3O/c1-14-11(12-8-13-14)7-10(15)9-5-3-2-4-6-9/h2-6,8,10,15H,7H2,1H3. The van der Waals surface area contributed by atoms with Crippen LogP contribution in [0.2, 0.25) is 0 Å². The number of aliphatic hydroxyl groups is 1. The molecule has 2 aromatic rings. The Labute approximate surface area is 88.2 Å². The molecule has 0 saturated heterocycles. The third-order valence-corrected chi connectivity index (χ3v) is 2.37. The van der Waals surface area contributed by atoms with Gasteiger partial charge in [-0.25, -0.2) is 4.98 Å². The van der Waals surface area contributed by atoms with Crippen molar-refractivity contribution in [3.8, 4) is 0 Å². The minimum Gasteiger partial charge on any atom is -0.388 e. The molecule has 1 heterocycles. The highest BCUT2D eigenvalue weighted by Crippen LogP contribution is 2.15. The van der Waals surface area contributed by atoms with Gasteiger partial charge in [-0.2, -0.15) is 5.10 Å². The van der Waals surface area contributed by atoms with Crippen LogP contribution in [0.3, 0.4) is 0 Å². The summed E-state index contributed by atoms with van der Waals surface area (Å²) in [6.45, 7) is 0. The molecule has 0 bridgehead atoms. The smallest absolute Gasteiger partial charge is 0.138 e. The molecular formula is C11H13N3O. The van der Waals surface area contributed by atoms with Crippen LogP contribution in [0.1, 0.15) is 17.5 Å². The number of aryl methyl sites for hydroxylation is 1. The second-order valence-corrected chi connectivity index (χ2v) is 3.43. The van der Waals surface area contributed by atoms with Gasteiger partial charge >= 0.3 is 0 Å². The first-order valence-electron chi connectivity index (χ1n) is 4.83. The number of hydrogen-bond donors (Lipinski definition) is 1. The van der Waals surface area contributed by atoms with E-state index >= 15 is 0 Å². The summed E-state index contributed by atoms with van der Waals surface area (Å²) in [6.07, 6.45) is 1.46. The van der Waals surface area contributed by atoms with E-state index in [9.17, 15) is 5.11 Å². The highest BCUT2D eigenvalue weighted by molar-refractivity contribution is 5.18. The molecule has 0 radical (unpaired) electrons. The van der Waals surface area contributed by atoms with E-state index in [-0.39, 0.29) is 0 Å². The molecule has 0 saturated carbocycles. The summed E-state index contributed by atoms with van der Waals surface area (Å²) in [4.78, 5) is 4.07. The zero-order valence-corrected chi connectivity index (χ0v) is 8.54. The Balaban J connectivity index is 2.11. The van der Waals surface area contributed by atoms with Crippen molar-refractivity contribution in [2.75, 3.05) is 0 Å². The van der Waals surface area contributed by atoms with Gasteiger partial charge in [0.1, 0.15) is 12.2 Å². The quantitative estimate of drug-likeness (QED) is 0.812. The molecule has 0 aliphatic carbocycles. The van der Waals surface area contributed by atoms with Crippen molar-refractivity contribution in [2.24, 2.45) is 7.05 Å². The molecule has 2 rings (SSSR count). The maximum atomic E-state index is 9.94. The maximum Gasteiger partial charge on any atom is 0.138 e. The maximum absolute atomic E-state index is 9.94. The van der Waals surface area contributed by atoms with Gasteiger partial charge in [0.25, 0.3) is 0 Å². The van der Waals surface area contributed by atoms with Gasteiger partial charge in [-0.3, -0.25) is 4.68 Å². The van der Waals surface area contributed by atoms with Gasteiger partial charge in [0.2, 0.25) is 0 Å². The van der Waals surface area contributed by atoms with Crippen molar-refractivity contribution in [2.45, 2.75) is 12.5 Å². The summed E-state index contributed by atoms with van der Waals surface area (Å²) in [5, 5.41) is 13.9. The predicted molar refractivity (Wildman–Crippen MR) is 56.1 cm³/mol. The van der Waals surface area contributed by atoms with Gasteiger partial charge < -0.3 is 5.11 Å². The first kappa shape index (κ1) is 9.86. The van der Waals surface area contributed by atoms with Crippen molar-refractivity contribution < 1.29 is 5.11 Å². The van der Waals surface area contributed by atoms with Gasteiger partial charge in [0.05, 0.1) is 6.10 Å². The second-order valence-electron chi connectivity index (χ2n) is 3.43. The van der Waals surface area contributed by atoms with E-state index in [2.05, 4.69) is 10.1 Å². The van der Waals surface area contributed by atoms with Crippen LogP contribution >= 0.6 is 0 Å². The Bertz CT molecular complexity index is 424. The third kappa shape index (κ3) is 2.22. The normalized spacial score (nSPS) is 12.7. The number of benzene rings is 1. The molecule has 15 heavy (non-hydrogen) atoms. The molecule has 4 heteroatoms. The molecule has 0 aliphatic rings. The van der Waals surface area contributed by atoms with E-state index in [1.54, 1.807) is 4.68 Å². The highest BCUT2D eigenvalue weighted by Gasteiger charge is 2.11. The first-order chi connectivity index (χ1) is 7.27. The minimum atomic E-state index is -0.519. The fourth-order valence-electron chi connectivity index (χ4n) is 1.47. The van der Waals surface area contributed by atoms with Gasteiger partial charge in [-0.05, 0) is 5.56 Å². The second kappa shape index (κ2) is 4.23. The summed E-state index contributed by atoms with van der Waals surface area (Å²) < 4.78 is 1.67. The van der Waals surface area contributed by atoms with Gasteiger partial charge in [0, 0.05) is 13.5 Å². The molecule has 1 N–H and O–H groups in total. The molecule has 0 spiro atoms.